The summed E-state index contributed by atoms with van der Waals surface area (Å²) in [5, 5.41) is 0. The lowest BCUT2D eigenvalue weighted by molar-refractivity contribution is 0.591. The maximum absolute atomic E-state index is 5.93. The molecule has 0 fully saturated rings. The quantitative estimate of drug-likeness (QED) is 0.782. The molecule has 0 radical (unpaired) electrons. The first kappa shape index (κ1) is 16.1. The molecule has 1 aromatic carbocycles. The molecule has 21 heavy (non-hydrogen) atoms. The van der Waals surface area contributed by atoms with Gasteiger partial charge in [0.25, 0.3) is 0 Å². The summed E-state index contributed by atoms with van der Waals surface area (Å²) in [6, 6.07) is 8.50. The molecule has 1 heterocycles. The van der Waals surface area contributed by atoms with Gasteiger partial charge in [-0.3, -0.25) is 0 Å². The SMILES string of the molecule is Cc1[nH]c(-c2ccccc2C(C)(C)C)nc1CC(C)CCl. The molecular weight excluding hydrogens is 280 g/mol. The van der Waals surface area contributed by atoms with Crippen LogP contribution in [0, 0.1) is 12.8 Å². The van der Waals surface area contributed by atoms with E-state index in [1.807, 2.05) is 0 Å². The highest BCUT2D eigenvalue weighted by molar-refractivity contribution is 6.18. The van der Waals surface area contributed by atoms with Crippen molar-refractivity contribution >= 4 is 11.6 Å². The minimum Gasteiger partial charge on any atom is -0.342 e. The molecule has 0 aliphatic carbocycles. The number of aromatic nitrogens is 2. The molecule has 0 aliphatic heterocycles. The third-order valence-electron chi connectivity index (χ3n) is 3.78. The first-order valence-corrected chi connectivity index (χ1v) is 8.07. The Bertz CT molecular complexity index is 608. The van der Waals surface area contributed by atoms with E-state index < -0.39 is 0 Å². The number of nitrogens with one attached hydrogen (secondary N) is 1. The van der Waals surface area contributed by atoms with Crippen LogP contribution in [0.1, 0.15) is 44.6 Å². The molecule has 1 unspecified atom stereocenters. The zero-order chi connectivity index (χ0) is 15.6. The van der Waals surface area contributed by atoms with Crippen molar-refractivity contribution in [2.24, 2.45) is 5.92 Å². The van der Waals surface area contributed by atoms with E-state index >= 15 is 0 Å². The Morgan fingerprint density at radius 3 is 2.52 bits per heavy atom. The van der Waals surface area contributed by atoms with E-state index in [4.69, 9.17) is 16.6 Å². The smallest absolute Gasteiger partial charge is 0.138 e. The van der Waals surface area contributed by atoms with Crippen molar-refractivity contribution in [1.82, 2.24) is 9.97 Å². The summed E-state index contributed by atoms with van der Waals surface area (Å²) in [7, 11) is 0. The average Bonchev–Trinajstić information content (AvgIpc) is 2.79. The zero-order valence-corrected chi connectivity index (χ0v) is 14.4. The normalized spacial score (nSPS) is 13.4. The first-order chi connectivity index (χ1) is 9.82. The number of alkyl halides is 1. The predicted octanol–water partition coefficient (Wildman–Crippen LogP) is 5.10. The van der Waals surface area contributed by atoms with Crippen LogP contribution < -0.4 is 0 Å². The van der Waals surface area contributed by atoms with Crippen molar-refractivity contribution in [3.63, 3.8) is 0 Å². The summed E-state index contributed by atoms with van der Waals surface area (Å²) in [6.45, 7) is 10.9. The van der Waals surface area contributed by atoms with E-state index in [-0.39, 0.29) is 5.41 Å². The van der Waals surface area contributed by atoms with Crippen LogP contribution in [0.3, 0.4) is 0 Å². The summed E-state index contributed by atoms with van der Waals surface area (Å²) in [5.41, 5.74) is 4.88. The first-order valence-electron chi connectivity index (χ1n) is 7.54. The number of H-pyrrole nitrogens is 1. The van der Waals surface area contributed by atoms with E-state index in [0.717, 1.165) is 23.6 Å². The van der Waals surface area contributed by atoms with Crippen LogP contribution in [-0.4, -0.2) is 15.8 Å². The van der Waals surface area contributed by atoms with Gasteiger partial charge in [-0.1, -0.05) is 52.0 Å². The number of halogens is 1. The molecule has 2 rings (SSSR count). The molecule has 0 aliphatic rings. The number of aromatic amines is 1. The van der Waals surface area contributed by atoms with E-state index in [9.17, 15) is 0 Å². The number of imidazole rings is 1. The summed E-state index contributed by atoms with van der Waals surface area (Å²) in [4.78, 5) is 8.28. The van der Waals surface area contributed by atoms with Gasteiger partial charge >= 0.3 is 0 Å². The van der Waals surface area contributed by atoms with Gasteiger partial charge in [0.2, 0.25) is 0 Å². The van der Waals surface area contributed by atoms with Gasteiger partial charge in [0, 0.05) is 17.1 Å². The molecule has 0 spiro atoms. The molecule has 3 heteroatoms. The van der Waals surface area contributed by atoms with Gasteiger partial charge in [0.05, 0.1) is 5.69 Å². The van der Waals surface area contributed by atoms with E-state index in [2.05, 4.69) is 63.9 Å². The molecule has 1 N–H and O–H groups in total. The van der Waals surface area contributed by atoms with Crippen molar-refractivity contribution < 1.29 is 0 Å². The van der Waals surface area contributed by atoms with Crippen LogP contribution >= 0.6 is 11.6 Å². The third-order valence-corrected chi connectivity index (χ3v) is 4.31. The number of hydrogen-bond donors (Lipinski definition) is 1. The predicted molar refractivity (Wildman–Crippen MR) is 91.0 cm³/mol. The van der Waals surface area contributed by atoms with Gasteiger partial charge in [-0.2, -0.15) is 0 Å². The van der Waals surface area contributed by atoms with Crippen LogP contribution in [0.4, 0.5) is 0 Å². The monoisotopic (exact) mass is 304 g/mol. The maximum Gasteiger partial charge on any atom is 0.138 e. The van der Waals surface area contributed by atoms with Gasteiger partial charge in [-0.05, 0) is 30.2 Å². The Morgan fingerprint density at radius 1 is 1.24 bits per heavy atom. The summed E-state index contributed by atoms with van der Waals surface area (Å²) < 4.78 is 0. The highest BCUT2D eigenvalue weighted by atomic mass is 35.5. The molecule has 0 saturated heterocycles. The fourth-order valence-corrected chi connectivity index (χ4v) is 2.66. The Kier molecular flexibility index (Phi) is 4.77. The van der Waals surface area contributed by atoms with Crippen molar-refractivity contribution in [3.8, 4) is 11.4 Å². The van der Waals surface area contributed by atoms with E-state index in [0.29, 0.717) is 11.8 Å². The maximum atomic E-state index is 5.93. The highest BCUT2D eigenvalue weighted by Crippen LogP contribution is 2.32. The van der Waals surface area contributed by atoms with Crippen LogP contribution in [0.25, 0.3) is 11.4 Å². The standard InChI is InChI=1S/C18H25ClN2/c1-12(11-19)10-16-13(2)20-17(21-16)14-8-6-7-9-15(14)18(3,4)5/h6-9,12H,10-11H2,1-5H3,(H,20,21). The Morgan fingerprint density at radius 2 is 1.90 bits per heavy atom. The molecule has 0 saturated carbocycles. The molecule has 0 bridgehead atoms. The second-order valence-corrected chi connectivity index (χ2v) is 7.22. The highest BCUT2D eigenvalue weighted by Gasteiger charge is 2.20. The fourth-order valence-electron chi connectivity index (χ4n) is 2.55. The lowest BCUT2D eigenvalue weighted by Gasteiger charge is -2.21. The lowest BCUT2D eigenvalue weighted by Crippen LogP contribution is -2.12. The number of nitrogens with zero attached hydrogens (tertiary/aromatic N) is 1. The largest absolute Gasteiger partial charge is 0.342 e. The molecule has 1 aromatic heterocycles. The Labute approximate surface area is 133 Å². The van der Waals surface area contributed by atoms with Crippen LogP contribution in [0.5, 0.6) is 0 Å². The number of aryl methyl sites for hydroxylation is 1. The van der Waals surface area contributed by atoms with Gasteiger partial charge in [0.15, 0.2) is 0 Å². The second kappa shape index (κ2) is 6.23. The van der Waals surface area contributed by atoms with Crippen LogP contribution in [0.15, 0.2) is 24.3 Å². The minimum absolute atomic E-state index is 0.0981. The molecular formula is C18H25ClN2. The summed E-state index contributed by atoms with van der Waals surface area (Å²) in [5.74, 6) is 2.08. The topological polar surface area (TPSA) is 28.7 Å². The van der Waals surface area contributed by atoms with Crippen molar-refractivity contribution in [2.45, 2.75) is 46.5 Å². The third kappa shape index (κ3) is 3.68. The minimum atomic E-state index is 0.0981. The molecule has 0 amide bonds. The van der Waals surface area contributed by atoms with Gasteiger partial charge in [0.1, 0.15) is 5.82 Å². The Hall–Kier alpha value is -1.28. The Balaban J connectivity index is 2.42. The van der Waals surface area contributed by atoms with Crippen LogP contribution in [-0.2, 0) is 11.8 Å². The zero-order valence-electron chi connectivity index (χ0n) is 13.6. The molecule has 2 nitrogen and oxygen atoms in total. The van der Waals surface area contributed by atoms with Crippen molar-refractivity contribution in [1.29, 1.82) is 0 Å². The number of rotatable bonds is 4. The summed E-state index contributed by atoms with van der Waals surface area (Å²) >= 11 is 5.93. The summed E-state index contributed by atoms with van der Waals surface area (Å²) in [6.07, 6.45) is 0.920. The van der Waals surface area contributed by atoms with Gasteiger partial charge in [-0.25, -0.2) is 4.98 Å². The fraction of sp³-hybridized carbons (Fsp3) is 0.500. The van der Waals surface area contributed by atoms with Crippen molar-refractivity contribution in [2.75, 3.05) is 5.88 Å². The molecule has 114 valence electrons. The van der Waals surface area contributed by atoms with Crippen LogP contribution in [0.2, 0.25) is 0 Å². The lowest BCUT2D eigenvalue weighted by atomic mass is 9.83. The molecule has 2 aromatic rings. The number of hydrogen-bond acceptors (Lipinski definition) is 1. The number of benzene rings is 1. The second-order valence-electron chi connectivity index (χ2n) is 6.92. The van der Waals surface area contributed by atoms with E-state index in [1.54, 1.807) is 0 Å². The van der Waals surface area contributed by atoms with Gasteiger partial charge < -0.3 is 4.98 Å². The average molecular weight is 305 g/mol. The molecule has 1 atom stereocenters. The van der Waals surface area contributed by atoms with Crippen molar-refractivity contribution in [3.05, 3.63) is 41.2 Å². The van der Waals surface area contributed by atoms with E-state index in [1.165, 1.54) is 11.1 Å². The van der Waals surface area contributed by atoms with Gasteiger partial charge in [-0.15, -0.1) is 11.6 Å².